The van der Waals surface area contributed by atoms with Gasteiger partial charge in [0.15, 0.2) is 0 Å². The van der Waals surface area contributed by atoms with Crippen molar-refractivity contribution >= 4 is 40.1 Å². The molecule has 0 fully saturated rings. The molecule has 3 amide bonds. The molecule has 0 bridgehead atoms. The molecule has 4 aromatic rings. The van der Waals surface area contributed by atoms with Crippen LogP contribution in [0.25, 0.3) is 10.4 Å². The van der Waals surface area contributed by atoms with E-state index in [1.807, 2.05) is 30.3 Å². The van der Waals surface area contributed by atoms with E-state index in [4.69, 9.17) is 10.5 Å². The summed E-state index contributed by atoms with van der Waals surface area (Å²) < 4.78 is 20.6. The molecule has 242 valence electrons. The first-order chi connectivity index (χ1) is 21.8. The van der Waals surface area contributed by atoms with Crippen LogP contribution in [0, 0.1) is 5.82 Å². The fourth-order valence-corrected chi connectivity index (χ4v) is 5.51. The zero-order valence-electron chi connectivity index (χ0n) is 25.7. The van der Waals surface area contributed by atoms with Gasteiger partial charge in [-0.25, -0.2) is 14.2 Å². The number of benzene rings is 2. The van der Waals surface area contributed by atoms with Crippen molar-refractivity contribution in [1.29, 1.82) is 0 Å². The van der Waals surface area contributed by atoms with Crippen LogP contribution in [0.4, 0.5) is 20.0 Å². The molecule has 46 heavy (non-hydrogen) atoms. The monoisotopic (exact) mass is 649 g/mol. The van der Waals surface area contributed by atoms with Crippen LogP contribution in [0.3, 0.4) is 0 Å². The number of amides is 3. The molecule has 0 radical (unpaired) electrons. The van der Waals surface area contributed by atoms with E-state index in [-0.39, 0.29) is 49.9 Å². The first kappa shape index (κ1) is 34.0. The van der Waals surface area contributed by atoms with Gasteiger partial charge >= 0.3 is 6.09 Å². The van der Waals surface area contributed by atoms with Gasteiger partial charge in [-0.2, -0.15) is 0 Å². The van der Waals surface area contributed by atoms with Crippen LogP contribution in [0.15, 0.2) is 72.8 Å². The number of pyridine rings is 1. The summed E-state index contributed by atoms with van der Waals surface area (Å²) in [6.45, 7) is 2.71. The quantitative estimate of drug-likeness (QED) is 0.164. The lowest BCUT2D eigenvalue weighted by molar-refractivity contribution is -0.131. The number of likely N-dealkylation sites (N-methyl/N-ethyl adjacent to an activating group) is 1. The molecule has 0 aliphatic rings. The number of carbonyl (C=O) groups is 3. The maximum Gasteiger partial charge on any atom is 0.410 e. The Morgan fingerprint density at radius 2 is 1.80 bits per heavy atom. The van der Waals surface area contributed by atoms with Gasteiger partial charge in [-0.3, -0.25) is 14.5 Å². The third kappa shape index (κ3) is 8.87. The Morgan fingerprint density at radius 1 is 1.07 bits per heavy atom. The highest BCUT2D eigenvalue weighted by atomic mass is 32.1. The van der Waals surface area contributed by atoms with Crippen LogP contribution in [-0.4, -0.2) is 69.6 Å². The van der Waals surface area contributed by atoms with Gasteiger partial charge in [0.1, 0.15) is 29.8 Å². The molecule has 2 heterocycles. The molecule has 2 aromatic heterocycles. The highest BCUT2D eigenvalue weighted by molar-refractivity contribution is 7.20. The third-order valence-corrected chi connectivity index (χ3v) is 8.08. The number of ether oxygens (including phenoxy) is 1. The first-order valence-electron chi connectivity index (χ1n) is 14.4. The number of aliphatic hydroxyl groups excluding tert-OH is 1. The number of nitrogens with two attached hydrogens (primary N) is 1. The van der Waals surface area contributed by atoms with Crippen molar-refractivity contribution in [2.24, 2.45) is 5.73 Å². The average molecular weight is 650 g/mol. The lowest BCUT2D eigenvalue weighted by atomic mass is 9.96. The number of anilines is 2. The Kier molecular flexibility index (Phi) is 11.1. The second kappa shape index (κ2) is 15.0. The number of rotatable bonds is 13. The SMILES string of the molecule is CN(CCO)C(=O)CN(Cc1ccccc1)C(=O)OCc1cccc(Nc2sc(-c3ccc(C(C)(C)O)cc3F)cc2C(N)=O)n1. The molecule has 0 unspecified atom stereocenters. The highest BCUT2D eigenvalue weighted by Crippen LogP contribution is 2.38. The molecule has 2 aromatic carbocycles. The summed E-state index contributed by atoms with van der Waals surface area (Å²) in [4.78, 5) is 45.6. The molecule has 0 aliphatic carbocycles. The van der Waals surface area contributed by atoms with E-state index in [0.717, 1.165) is 16.9 Å². The fourth-order valence-electron chi connectivity index (χ4n) is 4.42. The van der Waals surface area contributed by atoms with Crippen molar-refractivity contribution in [3.05, 3.63) is 101 Å². The Balaban J connectivity index is 1.49. The Hall–Kier alpha value is -4.85. The van der Waals surface area contributed by atoms with Gasteiger partial charge in [0.2, 0.25) is 5.91 Å². The summed E-state index contributed by atoms with van der Waals surface area (Å²) >= 11 is 1.11. The van der Waals surface area contributed by atoms with E-state index in [1.165, 1.54) is 35.0 Å². The lowest BCUT2D eigenvalue weighted by Gasteiger charge is -2.24. The molecule has 4 rings (SSSR count). The van der Waals surface area contributed by atoms with Crippen molar-refractivity contribution in [2.45, 2.75) is 32.6 Å². The summed E-state index contributed by atoms with van der Waals surface area (Å²) in [6, 6.07) is 20.0. The van der Waals surface area contributed by atoms with Crippen LogP contribution >= 0.6 is 11.3 Å². The minimum Gasteiger partial charge on any atom is -0.443 e. The largest absolute Gasteiger partial charge is 0.443 e. The minimum atomic E-state index is -1.22. The molecule has 0 saturated heterocycles. The smallest absolute Gasteiger partial charge is 0.410 e. The van der Waals surface area contributed by atoms with Gasteiger partial charge in [0.25, 0.3) is 5.91 Å². The third-order valence-electron chi connectivity index (χ3n) is 6.99. The van der Waals surface area contributed by atoms with Crippen molar-refractivity contribution < 1.29 is 33.7 Å². The van der Waals surface area contributed by atoms with Gasteiger partial charge < -0.3 is 30.9 Å². The predicted octanol–water partition coefficient (Wildman–Crippen LogP) is 4.61. The van der Waals surface area contributed by atoms with Crippen LogP contribution in [-0.2, 0) is 28.3 Å². The summed E-state index contributed by atoms with van der Waals surface area (Å²) in [5.74, 6) is -1.32. The molecule has 13 heteroatoms. The zero-order chi connectivity index (χ0) is 33.4. The minimum absolute atomic E-state index is 0.128. The van der Waals surface area contributed by atoms with E-state index in [0.29, 0.717) is 27.0 Å². The maximum atomic E-state index is 15.0. The summed E-state index contributed by atoms with van der Waals surface area (Å²) in [6.07, 6.45) is -0.730. The van der Waals surface area contributed by atoms with Gasteiger partial charge in [0.05, 0.1) is 23.5 Å². The number of hydrogen-bond acceptors (Lipinski definition) is 9. The summed E-state index contributed by atoms with van der Waals surface area (Å²) in [5, 5.41) is 22.8. The van der Waals surface area contributed by atoms with E-state index in [9.17, 15) is 24.6 Å². The van der Waals surface area contributed by atoms with Crippen LogP contribution in [0.2, 0.25) is 0 Å². The standard InChI is InChI=1S/C33H36FN5O6S/c1-33(2,44)22-12-13-24(26(34)16-22)27-17-25(30(35)42)31(46-27)37-28-11-7-10-23(36-28)20-45-32(43)39(18-21-8-5-4-6-9-21)19-29(41)38(3)14-15-40/h4-13,16-17,40,44H,14-15,18-20H2,1-3H3,(H2,35,42)(H,36,37). The number of carbonyl (C=O) groups excluding carboxylic acids is 3. The topological polar surface area (TPSA) is 158 Å². The molecular weight excluding hydrogens is 613 g/mol. The Bertz CT molecular complexity index is 1690. The van der Waals surface area contributed by atoms with Crippen molar-refractivity contribution in [3.63, 3.8) is 0 Å². The van der Waals surface area contributed by atoms with Gasteiger partial charge in [-0.15, -0.1) is 11.3 Å². The molecule has 11 nitrogen and oxygen atoms in total. The number of thiophene rings is 1. The molecule has 0 atom stereocenters. The van der Waals surface area contributed by atoms with Gasteiger partial charge in [-0.05, 0) is 49.2 Å². The first-order valence-corrected chi connectivity index (χ1v) is 15.2. The van der Waals surface area contributed by atoms with Crippen LogP contribution in [0.1, 0.15) is 41.0 Å². The van der Waals surface area contributed by atoms with Crippen LogP contribution < -0.4 is 11.1 Å². The average Bonchev–Trinajstić information content (AvgIpc) is 3.43. The van der Waals surface area contributed by atoms with E-state index >= 15 is 4.39 Å². The molecule has 0 spiro atoms. The van der Waals surface area contributed by atoms with Gasteiger partial charge in [0, 0.05) is 30.6 Å². The number of nitrogens with zero attached hydrogens (tertiary/aromatic N) is 3. The Labute approximate surface area is 270 Å². The molecule has 0 aliphatic heterocycles. The Morgan fingerprint density at radius 3 is 2.46 bits per heavy atom. The molecule has 5 N–H and O–H groups in total. The van der Waals surface area contributed by atoms with Gasteiger partial charge in [-0.1, -0.05) is 48.5 Å². The molecular formula is C33H36FN5O6S. The van der Waals surface area contributed by atoms with E-state index < -0.39 is 23.4 Å². The molecule has 0 saturated carbocycles. The normalized spacial score (nSPS) is 11.2. The second-order valence-corrected chi connectivity index (χ2v) is 12.1. The van der Waals surface area contributed by atoms with Crippen molar-refractivity contribution in [3.8, 4) is 10.4 Å². The highest BCUT2D eigenvalue weighted by Gasteiger charge is 2.23. The van der Waals surface area contributed by atoms with E-state index in [1.54, 1.807) is 38.1 Å². The number of nitrogens with one attached hydrogen (secondary N) is 1. The number of aliphatic hydroxyl groups is 2. The van der Waals surface area contributed by atoms with E-state index in [2.05, 4.69) is 10.3 Å². The number of aromatic nitrogens is 1. The second-order valence-electron chi connectivity index (χ2n) is 11.0. The summed E-state index contributed by atoms with van der Waals surface area (Å²) in [5.41, 5.74) is 6.36. The zero-order valence-corrected chi connectivity index (χ0v) is 26.5. The van der Waals surface area contributed by atoms with Crippen LogP contribution in [0.5, 0.6) is 0 Å². The lowest BCUT2D eigenvalue weighted by Crippen LogP contribution is -2.42. The number of primary amides is 1. The summed E-state index contributed by atoms with van der Waals surface area (Å²) in [7, 11) is 1.54. The maximum absolute atomic E-state index is 15.0. The van der Waals surface area contributed by atoms with Crippen molar-refractivity contribution in [1.82, 2.24) is 14.8 Å². The fraction of sp³-hybridized carbons (Fsp3) is 0.273. The number of halogens is 1. The number of hydrogen-bond donors (Lipinski definition) is 4. The predicted molar refractivity (Wildman–Crippen MR) is 173 cm³/mol. The van der Waals surface area contributed by atoms with Crippen molar-refractivity contribution in [2.75, 3.05) is 32.1 Å².